The second-order valence-corrected chi connectivity index (χ2v) is 6.31. The van der Waals surface area contributed by atoms with Crippen molar-refractivity contribution in [2.45, 2.75) is 44.8 Å². The maximum atomic E-state index is 12.7. The molecule has 1 N–H and O–H groups in total. The van der Waals surface area contributed by atoms with E-state index in [1.807, 2.05) is 0 Å². The SMILES string of the molecule is FC(F)(F)Cn1ccnc1CNC[C@H]1CCc2nc(C(F)(F)F)cn2C1. The van der Waals surface area contributed by atoms with Crippen LogP contribution in [0.25, 0.3) is 0 Å². The highest BCUT2D eigenvalue weighted by Gasteiger charge is 2.35. The lowest BCUT2D eigenvalue weighted by Crippen LogP contribution is -2.30. The third-order valence-corrected chi connectivity index (χ3v) is 4.25. The van der Waals surface area contributed by atoms with Crippen LogP contribution >= 0.6 is 0 Å². The summed E-state index contributed by atoms with van der Waals surface area (Å²) in [6, 6.07) is 0. The first-order valence-electron chi connectivity index (χ1n) is 8.02. The molecule has 26 heavy (non-hydrogen) atoms. The fourth-order valence-electron chi connectivity index (χ4n) is 3.05. The standard InChI is InChI=1S/C15H17F6N5/c16-14(17,18)9-25-4-3-23-13(25)6-22-5-10-1-2-12-24-11(15(19,20)21)8-26(12)7-10/h3-4,8,10,22H,1-2,5-7,9H2/t10-/m1/s1. The Morgan fingerprint density at radius 2 is 1.96 bits per heavy atom. The van der Waals surface area contributed by atoms with Crippen LogP contribution in [0, 0.1) is 5.92 Å². The molecule has 0 radical (unpaired) electrons. The van der Waals surface area contributed by atoms with Gasteiger partial charge in [0.05, 0.1) is 6.54 Å². The number of alkyl halides is 6. The van der Waals surface area contributed by atoms with Crippen LogP contribution in [0.1, 0.15) is 23.8 Å². The Morgan fingerprint density at radius 1 is 1.19 bits per heavy atom. The molecule has 0 saturated carbocycles. The largest absolute Gasteiger partial charge is 0.434 e. The second kappa shape index (κ2) is 6.93. The Balaban J connectivity index is 1.53. The second-order valence-electron chi connectivity index (χ2n) is 6.31. The molecule has 144 valence electrons. The molecule has 0 unspecified atom stereocenters. The highest BCUT2D eigenvalue weighted by molar-refractivity contribution is 5.10. The van der Waals surface area contributed by atoms with Gasteiger partial charge in [0, 0.05) is 38.1 Å². The quantitative estimate of drug-likeness (QED) is 0.810. The van der Waals surface area contributed by atoms with Crippen molar-refractivity contribution in [1.82, 2.24) is 24.4 Å². The number of halogens is 6. The zero-order chi connectivity index (χ0) is 18.9. The number of fused-ring (bicyclic) bond motifs is 1. The van der Waals surface area contributed by atoms with E-state index in [0.717, 1.165) is 10.8 Å². The minimum absolute atomic E-state index is 0.0730. The van der Waals surface area contributed by atoms with E-state index < -0.39 is 24.6 Å². The molecule has 2 aromatic heterocycles. The molecule has 3 rings (SSSR count). The molecule has 0 bridgehead atoms. The number of nitrogens with one attached hydrogen (secondary N) is 1. The molecule has 0 fully saturated rings. The highest BCUT2D eigenvalue weighted by Crippen LogP contribution is 2.30. The molecule has 0 aliphatic carbocycles. The van der Waals surface area contributed by atoms with Gasteiger partial charge in [0.15, 0.2) is 5.69 Å². The maximum Gasteiger partial charge on any atom is 0.434 e. The van der Waals surface area contributed by atoms with Gasteiger partial charge in [-0.2, -0.15) is 26.3 Å². The van der Waals surface area contributed by atoms with Crippen LogP contribution in [0.2, 0.25) is 0 Å². The average molecular weight is 381 g/mol. The van der Waals surface area contributed by atoms with Gasteiger partial charge in [0.2, 0.25) is 0 Å². The van der Waals surface area contributed by atoms with Crippen LogP contribution in [-0.4, -0.2) is 31.8 Å². The topological polar surface area (TPSA) is 47.7 Å². The first-order valence-corrected chi connectivity index (χ1v) is 8.02. The van der Waals surface area contributed by atoms with Crippen LogP contribution in [0.15, 0.2) is 18.6 Å². The van der Waals surface area contributed by atoms with Gasteiger partial charge in [-0.15, -0.1) is 0 Å². The lowest BCUT2D eigenvalue weighted by Gasteiger charge is -2.24. The molecule has 11 heteroatoms. The summed E-state index contributed by atoms with van der Waals surface area (Å²) in [6.07, 6.45) is -4.11. The van der Waals surface area contributed by atoms with E-state index in [1.54, 1.807) is 0 Å². The number of imidazole rings is 2. The van der Waals surface area contributed by atoms with Gasteiger partial charge in [-0.1, -0.05) is 0 Å². The summed E-state index contributed by atoms with van der Waals surface area (Å²) in [5.74, 6) is 0.749. The molecular weight excluding hydrogens is 364 g/mol. The molecule has 0 spiro atoms. The van der Waals surface area contributed by atoms with Crippen molar-refractivity contribution in [3.05, 3.63) is 35.9 Å². The predicted molar refractivity (Wildman–Crippen MR) is 79.0 cm³/mol. The summed E-state index contributed by atoms with van der Waals surface area (Å²) < 4.78 is 78.1. The van der Waals surface area contributed by atoms with Crippen molar-refractivity contribution < 1.29 is 26.3 Å². The minimum atomic E-state index is -4.46. The van der Waals surface area contributed by atoms with E-state index in [0.29, 0.717) is 31.8 Å². The monoisotopic (exact) mass is 381 g/mol. The molecule has 1 aliphatic rings. The van der Waals surface area contributed by atoms with Crippen LogP contribution in [0.5, 0.6) is 0 Å². The zero-order valence-corrected chi connectivity index (χ0v) is 13.6. The summed E-state index contributed by atoms with van der Waals surface area (Å²) >= 11 is 0. The Labute approximate surface area is 145 Å². The van der Waals surface area contributed by atoms with Crippen molar-refractivity contribution in [2.75, 3.05) is 6.54 Å². The number of aromatic nitrogens is 4. The molecule has 0 aromatic carbocycles. The van der Waals surface area contributed by atoms with Gasteiger partial charge in [-0.25, -0.2) is 9.97 Å². The Bertz CT molecular complexity index is 745. The number of hydrogen-bond donors (Lipinski definition) is 1. The van der Waals surface area contributed by atoms with Gasteiger partial charge < -0.3 is 14.5 Å². The van der Waals surface area contributed by atoms with Gasteiger partial charge in [0.1, 0.15) is 18.2 Å². The number of rotatable bonds is 5. The summed E-state index contributed by atoms with van der Waals surface area (Å²) in [5.41, 5.74) is -0.893. The highest BCUT2D eigenvalue weighted by atomic mass is 19.4. The average Bonchev–Trinajstić information content (AvgIpc) is 3.11. The summed E-state index contributed by atoms with van der Waals surface area (Å²) in [6.45, 7) is -0.0868. The molecule has 5 nitrogen and oxygen atoms in total. The minimum Gasteiger partial charge on any atom is -0.334 e. The Hall–Kier alpha value is -2.04. The zero-order valence-electron chi connectivity index (χ0n) is 13.6. The molecule has 0 saturated heterocycles. The van der Waals surface area contributed by atoms with Crippen LogP contribution in [0.4, 0.5) is 26.3 Å². The van der Waals surface area contributed by atoms with E-state index in [4.69, 9.17) is 0 Å². The van der Waals surface area contributed by atoms with Gasteiger partial charge in [-0.05, 0) is 12.3 Å². The fraction of sp³-hybridized carbons (Fsp3) is 0.600. The first-order chi connectivity index (χ1) is 12.1. The summed E-state index contributed by atoms with van der Waals surface area (Å²) in [5, 5.41) is 3.04. The number of hydrogen-bond acceptors (Lipinski definition) is 3. The smallest absolute Gasteiger partial charge is 0.334 e. The van der Waals surface area contributed by atoms with Gasteiger partial charge in [0.25, 0.3) is 0 Å². The van der Waals surface area contributed by atoms with E-state index in [9.17, 15) is 26.3 Å². The molecule has 1 atom stereocenters. The van der Waals surface area contributed by atoms with Crippen LogP contribution in [-0.2, 0) is 32.2 Å². The van der Waals surface area contributed by atoms with E-state index in [1.165, 1.54) is 17.0 Å². The van der Waals surface area contributed by atoms with Gasteiger partial charge in [-0.3, -0.25) is 0 Å². The van der Waals surface area contributed by atoms with Crippen LogP contribution < -0.4 is 5.32 Å². The van der Waals surface area contributed by atoms with Crippen molar-refractivity contribution in [3.8, 4) is 0 Å². The third-order valence-electron chi connectivity index (χ3n) is 4.25. The predicted octanol–water partition coefficient (Wildman–Crippen LogP) is 3.01. The number of aryl methyl sites for hydroxylation is 1. The lowest BCUT2D eigenvalue weighted by molar-refractivity contribution is -0.141. The first kappa shape index (κ1) is 18.7. The van der Waals surface area contributed by atoms with Crippen molar-refractivity contribution in [2.24, 2.45) is 5.92 Å². The molecule has 2 aromatic rings. The maximum absolute atomic E-state index is 12.7. The van der Waals surface area contributed by atoms with Crippen molar-refractivity contribution in [3.63, 3.8) is 0 Å². The summed E-state index contributed by atoms with van der Waals surface area (Å²) in [4.78, 5) is 7.53. The van der Waals surface area contributed by atoms with Crippen LogP contribution in [0.3, 0.4) is 0 Å². The molecule has 0 amide bonds. The molecule has 1 aliphatic heterocycles. The Morgan fingerprint density at radius 3 is 2.65 bits per heavy atom. The normalized spacial score (nSPS) is 18.2. The van der Waals surface area contributed by atoms with E-state index >= 15 is 0 Å². The molecular formula is C15H17F6N5. The fourth-order valence-corrected chi connectivity index (χ4v) is 3.05. The Kier molecular flexibility index (Phi) is 5.00. The number of nitrogens with zero attached hydrogens (tertiary/aromatic N) is 4. The van der Waals surface area contributed by atoms with Crippen molar-refractivity contribution >= 4 is 0 Å². The van der Waals surface area contributed by atoms with E-state index in [2.05, 4.69) is 15.3 Å². The lowest BCUT2D eigenvalue weighted by atomic mass is 9.99. The van der Waals surface area contributed by atoms with E-state index in [-0.39, 0.29) is 18.3 Å². The molecule has 3 heterocycles. The van der Waals surface area contributed by atoms with Gasteiger partial charge >= 0.3 is 12.4 Å². The van der Waals surface area contributed by atoms with Crippen molar-refractivity contribution in [1.29, 1.82) is 0 Å². The third kappa shape index (κ3) is 4.57. The summed E-state index contributed by atoms with van der Waals surface area (Å²) in [7, 11) is 0.